The maximum absolute atomic E-state index is 13.5. The molecule has 1 aliphatic heterocycles. The zero-order chi connectivity index (χ0) is 23.3. The van der Waals surface area contributed by atoms with Crippen LogP contribution in [0.1, 0.15) is 29.8 Å². The first-order valence-corrected chi connectivity index (χ1v) is 11.2. The molecule has 2 aromatic carbocycles. The van der Waals surface area contributed by atoms with Crippen LogP contribution in [0.2, 0.25) is 0 Å². The van der Waals surface area contributed by atoms with Gasteiger partial charge in [0.15, 0.2) is 0 Å². The van der Waals surface area contributed by atoms with E-state index in [0.29, 0.717) is 30.7 Å². The molecule has 2 aromatic heterocycles. The number of hydrogen-bond acceptors (Lipinski definition) is 4. The molecule has 0 aliphatic carbocycles. The summed E-state index contributed by atoms with van der Waals surface area (Å²) in [6, 6.07) is 15.9. The summed E-state index contributed by atoms with van der Waals surface area (Å²) in [6.07, 6.45) is -0.472. The highest BCUT2D eigenvalue weighted by atomic mass is 16.5. The fourth-order valence-corrected chi connectivity index (χ4v) is 4.89. The Morgan fingerprint density at radius 1 is 1.06 bits per heavy atom. The van der Waals surface area contributed by atoms with Crippen molar-refractivity contribution in [2.24, 2.45) is 14.1 Å². The second-order valence-electron chi connectivity index (χ2n) is 8.41. The number of benzene rings is 2. The molecule has 5 rings (SSSR count). The van der Waals surface area contributed by atoms with Gasteiger partial charge < -0.3 is 14.0 Å². The fraction of sp³-hybridized carbons (Fsp3) is 0.308. The Kier molecular flexibility index (Phi) is 5.21. The summed E-state index contributed by atoms with van der Waals surface area (Å²) >= 11 is 0. The summed E-state index contributed by atoms with van der Waals surface area (Å²) in [5.41, 5.74) is 4.49. The monoisotopic (exact) mass is 445 g/mol. The van der Waals surface area contributed by atoms with Crippen molar-refractivity contribution in [2.45, 2.75) is 26.5 Å². The first kappa shape index (κ1) is 21.3. The number of hydrogen-bond donors (Lipinski definition) is 0. The third-order valence-electron chi connectivity index (χ3n) is 6.35. The minimum Gasteiger partial charge on any atom is -0.493 e. The summed E-state index contributed by atoms with van der Waals surface area (Å²) in [5, 5.41) is 0.532. The zero-order valence-corrected chi connectivity index (χ0v) is 19.3. The molecule has 33 heavy (non-hydrogen) atoms. The molecule has 1 atom stereocenters. The van der Waals surface area contributed by atoms with E-state index in [-0.39, 0.29) is 11.2 Å². The summed E-state index contributed by atoms with van der Waals surface area (Å²) < 4.78 is 17.1. The first-order valence-electron chi connectivity index (χ1n) is 11.2. The van der Waals surface area contributed by atoms with Crippen molar-refractivity contribution in [2.75, 3.05) is 13.2 Å². The first-order chi connectivity index (χ1) is 15.9. The predicted molar refractivity (Wildman–Crippen MR) is 128 cm³/mol. The second kappa shape index (κ2) is 8.08. The van der Waals surface area contributed by atoms with Crippen LogP contribution in [0.15, 0.2) is 58.1 Å². The summed E-state index contributed by atoms with van der Waals surface area (Å²) in [4.78, 5) is 26.4. The lowest BCUT2D eigenvalue weighted by atomic mass is 10.0. The number of nitrogens with zero attached hydrogens (tertiary/aromatic N) is 3. The predicted octanol–water partition coefficient (Wildman–Crippen LogP) is 3.53. The average Bonchev–Trinajstić information content (AvgIpc) is 3.17. The summed E-state index contributed by atoms with van der Waals surface area (Å²) in [6.45, 7) is 5.56. The van der Waals surface area contributed by atoms with Crippen LogP contribution in [0.5, 0.6) is 5.75 Å². The highest BCUT2D eigenvalue weighted by molar-refractivity contribution is 5.96. The smallest absolute Gasteiger partial charge is 0.331 e. The maximum atomic E-state index is 13.5. The van der Waals surface area contributed by atoms with E-state index in [1.54, 1.807) is 11.6 Å². The van der Waals surface area contributed by atoms with Crippen molar-refractivity contribution >= 4 is 10.9 Å². The van der Waals surface area contributed by atoms with Gasteiger partial charge in [0, 0.05) is 26.2 Å². The number of aromatic nitrogens is 3. The fourth-order valence-electron chi connectivity index (χ4n) is 4.89. The molecular weight excluding hydrogens is 418 g/mol. The van der Waals surface area contributed by atoms with Crippen LogP contribution < -0.4 is 16.0 Å². The number of fused-ring (bicyclic) bond motifs is 3. The van der Waals surface area contributed by atoms with E-state index >= 15 is 0 Å². The molecule has 7 heteroatoms. The minimum absolute atomic E-state index is 0.302. The van der Waals surface area contributed by atoms with E-state index in [9.17, 15) is 9.59 Å². The van der Waals surface area contributed by atoms with Gasteiger partial charge in [-0.1, -0.05) is 42.0 Å². The van der Waals surface area contributed by atoms with Crippen LogP contribution in [0.3, 0.4) is 0 Å². The lowest BCUT2D eigenvalue weighted by Gasteiger charge is -2.28. The molecule has 7 nitrogen and oxygen atoms in total. The van der Waals surface area contributed by atoms with Gasteiger partial charge in [-0.15, -0.1) is 0 Å². The Balaban J connectivity index is 1.93. The SMILES string of the molecule is CCOc1ccccc1C1OCCn2c(-c3cccc(C)c3)c3c(=O)n(C)c(=O)n(C)c3c21. The molecule has 170 valence electrons. The standard InChI is InChI=1S/C26H27N3O4/c1-5-32-19-12-7-6-11-18(19)24-23-22-20(25(30)28(4)26(31)27(22)3)21(29(23)13-14-33-24)17-10-8-9-16(2)15-17/h6-12,15,24H,5,13-14H2,1-4H3. The van der Waals surface area contributed by atoms with Crippen molar-refractivity contribution in [3.63, 3.8) is 0 Å². The second-order valence-corrected chi connectivity index (χ2v) is 8.41. The molecule has 3 heterocycles. The molecule has 0 N–H and O–H groups in total. The van der Waals surface area contributed by atoms with E-state index in [4.69, 9.17) is 9.47 Å². The van der Waals surface area contributed by atoms with Crippen molar-refractivity contribution in [3.8, 4) is 17.0 Å². The molecule has 0 radical (unpaired) electrons. The molecule has 0 bridgehead atoms. The van der Waals surface area contributed by atoms with Crippen LogP contribution in [0.25, 0.3) is 22.2 Å². The Hall–Kier alpha value is -3.58. The average molecular weight is 446 g/mol. The van der Waals surface area contributed by atoms with Crippen molar-refractivity contribution in [1.29, 1.82) is 0 Å². The number of aryl methyl sites for hydroxylation is 2. The Morgan fingerprint density at radius 3 is 2.61 bits per heavy atom. The van der Waals surface area contributed by atoms with Gasteiger partial charge in [-0.05, 0) is 31.5 Å². The Morgan fingerprint density at radius 2 is 1.85 bits per heavy atom. The van der Waals surface area contributed by atoms with Crippen molar-refractivity contribution in [3.05, 3.63) is 86.2 Å². The highest BCUT2D eigenvalue weighted by Gasteiger charge is 2.34. The molecule has 0 saturated heterocycles. The van der Waals surface area contributed by atoms with E-state index in [2.05, 4.69) is 10.6 Å². The van der Waals surface area contributed by atoms with E-state index in [1.807, 2.05) is 56.3 Å². The molecule has 0 fully saturated rings. The van der Waals surface area contributed by atoms with Gasteiger partial charge in [0.2, 0.25) is 0 Å². The third kappa shape index (κ3) is 3.23. The topological polar surface area (TPSA) is 67.4 Å². The molecule has 1 aliphatic rings. The van der Waals surface area contributed by atoms with Crippen molar-refractivity contribution < 1.29 is 9.47 Å². The van der Waals surface area contributed by atoms with Gasteiger partial charge in [0.25, 0.3) is 5.56 Å². The van der Waals surface area contributed by atoms with E-state index < -0.39 is 6.10 Å². The van der Waals surface area contributed by atoms with Crippen molar-refractivity contribution in [1.82, 2.24) is 13.7 Å². The van der Waals surface area contributed by atoms with Crippen LogP contribution in [0.4, 0.5) is 0 Å². The van der Waals surface area contributed by atoms with E-state index in [0.717, 1.165) is 33.8 Å². The molecule has 1 unspecified atom stereocenters. The zero-order valence-electron chi connectivity index (χ0n) is 19.3. The van der Waals surface area contributed by atoms with Gasteiger partial charge in [-0.3, -0.25) is 13.9 Å². The molecular formula is C26H27N3O4. The number of para-hydroxylation sites is 1. The number of rotatable bonds is 4. The molecule has 4 aromatic rings. The normalized spacial score (nSPS) is 15.6. The molecule has 0 saturated carbocycles. The van der Waals surface area contributed by atoms with Gasteiger partial charge >= 0.3 is 5.69 Å². The van der Waals surface area contributed by atoms with Gasteiger partial charge in [-0.25, -0.2) is 4.79 Å². The Labute approximate surface area is 191 Å². The van der Waals surface area contributed by atoms with Crippen LogP contribution in [0, 0.1) is 6.92 Å². The number of ether oxygens (including phenoxy) is 2. The van der Waals surface area contributed by atoms with Crippen LogP contribution in [-0.4, -0.2) is 26.9 Å². The maximum Gasteiger partial charge on any atom is 0.331 e. The third-order valence-corrected chi connectivity index (χ3v) is 6.35. The quantitative estimate of drug-likeness (QED) is 0.482. The molecule has 0 amide bonds. The van der Waals surface area contributed by atoms with E-state index in [1.165, 1.54) is 11.6 Å². The van der Waals surface area contributed by atoms with Crippen LogP contribution in [-0.2, 0) is 25.4 Å². The lowest BCUT2D eigenvalue weighted by Crippen LogP contribution is -2.37. The van der Waals surface area contributed by atoms with Gasteiger partial charge in [0.05, 0.1) is 35.5 Å². The molecule has 0 spiro atoms. The Bertz CT molecular complexity index is 1490. The van der Waals surface area contributed by atoms with Gasteiger partial charge in [-0.2, -0.15) is 0 Å². The van der Waals surface area contributed by atoms with Crippen LogP contribution >= 0.6 is 0 Å². The highest BCUT2D eigenvalue weighted by Crippen LogP contribution is 2.42. The summed E-state index contributed by atoms with van der Waals surface area (Å²) in [7, 11) is 3.24. The largest absolute Gasteiger partial charge is 0.493 e. The lowest BCUT2D eigenvalue weighted by molar-refractivity contribution is 0.0461. The van der Waals surface area contributed by atoms with Gasteiger partial charge in [0.1, 0.15) is 11.9 Å². The minimum atomic E-state index is -0.472. The summed E-state index contributed by atoms with van der Waals surface area (Å²) in [5.74, 6) is 0.735.